The molecule has 0 atom stereocenters. The minimum absolute atomic E-state index is 0.0246. The molecule has 0 saturated heterocycles. The molecular weight excluding hydrogens is 378 g/mol. The second kappa shape index (κ2) is 8.49. The molecule has 0 unspecified atom stereocenters. The van der Waals surface area contributed by atoms with Gasteiger partial charge in [0.15, 0.2) is 0 Å². The molecule has 0 bridgehead atoms. The average molecular weight is 403 g/mol. The molecule has 0 radical (unpaired) electrons. The minimum Gasteiger partial charge on any atom is -0.354 e. The molecule has 2 aromatic heterocycles. The number of nitrogens with zero attached hydrogens (tertiary/aromatic N) is 4. The number of hydrogen-bond acceptors (Lipinski definition) is 4. The summed E-state index contributed by atoms with van der Waals surface area (Å²) in [4.78, 5) is 25.3. The van der Waals surface area contributed by atoms with Gasteiger partial charge in [-0.2, -0.15) is 0 Å². The Kier molecular flexibility index (Phi) is 5.61. The molecule has 1 N–H and O–H groups in total. The van der Waals surface area contributed by atoms with Gasteiger partial charge in [0.1, 0.15) is 5.82 Å². The number of amides is 1. The molecule has 2 aromatic carbocycles. The minimum atomic E-state index is -0.0782. The Bertz CT molecular complexity index is 1240. The van der Waals surface area contributed by atoms with Crippen molar-refractivity contribution in [3.8, 4) is 0 Å². The average Bonchev–Trinajstić information content (AvgIpc) is 3.16. The van der Waals surface area contributed by atoms with Crippen molar-refractivity contribution in [2.75, 3.05) is 0 Å². The number of hydrogen-bond donors (Lipinski definition) is 1. The van der Waals surface area contributed by atoms with E-state index in [0.717, 1.165) is 11.1 Å². The van der Waals surface area contributed by atoms with Crippen LogP contribution in [0.4, 0.5) is 0 Å². The van der Waals surface area contributed by atoms with Crippen LogP contribution >= 0.6 is 0 Å². The van der Waals surface area contributed by atoms with E-state index in [1.807, 2.05) is 72.8 Å². The lowest BCUT2D eigenvalue weighted by Crippen LogP contribution is -2.30. The van der Waals surface area contributed by atoms with Crippen LogP contribution in [-0.4, -0.2) is 31.1 Å². The Morgan fingerprint density at radius 3 is 2.50 bits per heavy atom. The predicted molar refractivity (Wildman–Crippen MR) is 116 cm³/mol. The van der Waals surface area contributed by atoms with Crippen molar-refractivity contribution in [1.82, 2.24) is 24.5 Å². The third-order valence-electron chi connectivity index (χ3n) is 5.07. The standard InChI is InChI=1S/C23H25N5O2/c1-16(2)24-21(29)13-12-20-25-26-23-27(15-14-17-8-4-3-5-9-17)22(30)18-10-6-7-11-19(18)28(20)23/h3-11,16H,12-15H2,1-2H3,(H,24,29). The zero-order valence-corrected chi connectivity index (χ0v) is 17.2. The van der Waals surface area contributed by atoms with Crippen molar-refractivity contribution < 1.29 is 4.79 Å². The fourth-order valence-corrected chi connectivity index (χ4v) is 3.68. The van der Waals surface area contributed by atoms with Crippen molar-refractivity contribution in [1.29, 1.82) is 0 Å². The van der Waals surface area contributed by atoms with Crippen molar-refractivity contribution in [2.24, 2.45) is 0 Å². The molecule has 30 heavy (non-hydrogen) atoms. The lowest BCUT2D eigenvalue weighted by molar-refractivity contribution is -0.121. The lowest BCUT2D eigenvalue weighted by atomic mass is 10.1. The second-order valence-electron chi connectivity index (χ2n) is 7.68. The van der Waals surface area contributed by atoms with E-state index in [2.05, 4.69) is 15.5 Å². The number of rotatable bonds is 7. The smallest absolute Gasteiger partial charge is 0.262 e. The summed E-state index contributed by atoms with van der Waals surface area (Å²) in [6.07, 6.45) is 1.48. The van der Waals surface area contributed by atoms with E-state index in [4.69, 9.17) is 0 Å². The molecule has 0 saturated carbocycles. The lowest BCUT2D eigenvalue weighted by Gasteiger charge is -2.12. The van der Waals surface area contributed by atoms with E-state index in [0.29, 0.717) is 42.8 Å². The van der Waals surface area contributed by atoms with Crippen LogP contribution in [0.2, 0.25) is 0 Å². The van der Waals surface area contributed by atoms with Gasteiger partial charge in [-0.05, 0) is 38.0 Å². The maximum atomic E-state index is 13.2. The van der Waals surface area contributed by atoms with Crippen LogP contribution in [-0.2, 0) is 24.2 Å². The van der Waals surface area contributed by atoms with Crippen LogP contribution in [0, 0.1) is 0 Å². The molecule has 154 valence electrons. The van der Waals surface area contributed by atoms with Gasteiger partial charge in [-0.15, -0.1) is 10.2 Å². The van der Waals surface area contributed by atoms with Crippen LogP contribution in [0.5, 0.6) is 0 Å². The third-order valence-corrected chi connectivity index (χ3v) is 5.07. The number of para-hydroxylation sites is 1. The van der Waals surface area contributed by atoms with Gasteiger partial charge in [0.2, 0.25) is 11.7 Å². The second-order valence-corrected chi connectivity index (χ2v) is 7.68. The third kappa shape index (κ3) is 3.96. The Balaban J connectivity index is 1.74. The summed E-state index contributed by atoms with van der Waals surface area (Å²) in [5, 5.41) is 12.2. The van der Waals surface area contributed by atoms with Gasteiger partial charge in [-0.25, -0.2) is 0 Å². The quantitative estimate of drug-likeness (QED) is 0.514. The summed E-state index contributed by atoms with van der Waals surface area (Å²) in [7, 11) is 0. The Hall–Kier alpha value is -3.48. The fraction of sp³-hybridized carbons (Fsp3) is 0.304. The van der Waals surface area contributed by atoms with Gasteiger partial charge in [0.05, 0.1) is 10.9 Å². The molecule has 0 spiro atoms. The first-order valence-electron chi connectivity index (χ1n) is 10.2. The van der Waals surface area contributed by atoms with Crippen LogP contribution in [0.1, 0.15) is 31.7 Å². The van der Waals surface area contributed by atoms with Crippen LogP contribution in [0.15, 0.2) is 59.4 Å². The van der Waals surface area contributed by atoms with E-state index < -0.39 is 0 Å². The van der Waals surface area contributed by atoms with E-state index in [1.54, 1.807) is 4.57 Å². The molecule has 2 heterocycles. The largest absolute Gasteiger partial charge is 0.354 e. The van der Waals surface area contributed by atoms with Crippen LogP contribution in [0.3, 0.4) is 0 Å². The zero-order chi connectivity index (χ0) is 21.1. The highest BCUT2D eigenvalue weighted by atomic mass is 16.1. The van der Waals surface area contributed by atoms with Gasteiger partial charge in [0, 0.05) is 25.4 Å². The molecule has 0 aliphatic heterocycles. The van der Waals surface area contributed by atoms with Crippen molar-refractivity contribution in [2.45, 2.75) is 45.7 Å². The summed E-state index contributed by atoms with van der Waals surface area (Å²) in [5.74, 6) is 1.16. The summed E-state index contributed by atoms with van der Waals surface area (Å²) < 4.78 is 3.59. The molecule has 7 heteroatoms. The molecule has 4 aromatic rings. The first-order chi connectivity index (χ1) is 14.5. The molecule has 1 amide bonds. The number of aryl methyl sites for hydroxylation is 3. The van der Waals surface area contributed by atoms with Gasteiger partial charge in [-0.3, -0.25) is 18.6 Å². The summed E-state index contributed by atoms with van der Waals surface area (Å²) >= 11 is 0. The Morgan fingerprint density at radius 2 is 1.73 bits per heavy atom. The number of carbonyl (C=O) groups excluding carboxylic acids is 1. The monoisotopic (exact) mass is 403 g/mol. The predicted octanol–water partition coefficient (Wildman–Crippen LogP) is 2.74. The number of benzene rings is 2. The Morgan fingerprint density at radius 1 is 1.00 bits per heavy atom. The van der Waals surface area contributed by atoms with Crippen LogP contribution < -0.4 is 10.9 Å². The first-order valence-corrected chi connectivity index (χ1v) is 10.2. The SMILES string of the molecule is CC(C)NC(=O)CCc1nnc2n(CCc3ccccc3)c(=O)c3ccccc3n12. The molecule has 0 aliphatic carbocycles. The van der Waals surface area contributed by atoms with E-state index in [9.17, 15) is 9.59 Å². The Labute approximate surface area is 174 Å². The number of aromatic nitrogens is 4. The summed E-state index contributed by atoms with van der Waals surface area (Å²) in [6.45, 7) is 4.37. The fourth-order valence-electron chi connectivity index (χ4n) is 3.68. The van der Waals surface area contributed by atoms with E-state index in [-0.39, 0.29) is 17.5 Å². The van der Waals surface area contributed by atoms with E-state index >= 15 is 0 Å². The maximum Gasteiger partial charge on any atom is 0.262 e. The highest BCUT2D eigenvalue weighted by molar-refractivity contribution is 5.80. The molecular formula is C23H25N5O2. The molecule has 4 rings (SSSR count). The summed E-state index contributed by atoms with van der Waals surface area (Å²) in [6, 6.07) is 17.6. The van der Waals surface area contributed by atoms with Gasteiger partial charge in [-0.1, -0.05) is 42.5 Å². The van der Waals surface area contributed by atoms with Gasteiger partial charge in [0.25, 0.3) is 5.56 Å². The maximum absolute atomic E-state index is 13.2. The number of carbonyl (C=O) groups is 1. The normalized spacial score (nSPS) is 11.4. The highest BCUT2D eigenvalue weighted by Crippen LogP contribution is 2.16. The van der Waals surface area contributed by atoms with Crippen molar-refractivity contribution in [3.05, 3.63) is 76.3 Å². The number of fused-ring (bicyclic) bond motifs is 3. The molecule has 7 nitrogen and oxygen atoms in total. The van der Waals surface area contributed by atoms with Gasteiger partial charge >= 0.3 is 0 Å². The first kappa shape index (κ1) is 19.8. The molecule has 0 aliphatic rings. The summed E-state index contributed by atoms with van der Waals surface area (Å²) in [5.41, 5.74) is 1.84. The van der Waals surface area contributed by atoms with Crippen molar-refractivity contribution in [3.63, 3.8) is 0 Å². The van der Waals surface area contributed by atoms with Crippen molar-refractivity contribution >= 4 is 22.6 Å². The number of nitrogens with one attached hydrogen (secondary N) is 1. The zero-order valence-electron chi connectivity index (χ0n) is 17.2. The van der Waals surface area contributed by atoms with E-state index in [1.165, 1.54) is 0 Å². The van der Waals surface area contributed by atoms with Crippen LogP contribution in [0.25, 0.3) is 16.7 Å². The highest BCUT2D eigenvalue weighted by Gasteiger charge is 2.17. The van der Waals surface area contributed by atoms with Gasteiger partial charge < -0.3 is 5.32 Å². The topological polar surface area (TPSA) is 81.3 Å². The molecule has 0 fully saturated rings.